The highest BCUT2D eigenvalue weighted by atomic mass is 32.1. The van der Waals surface area contributed by atoms with Gasteiger partial charge in [-0.25, -0.2) is 9.97 Å². The summed E-state index contributed by atoms with van der Waals surface area (Å²) in [6.45, 7) is 0.361. The third-order valence-electron chi connectivity index (χ3n) is 3.10. The average molecular weight is 354 g/mol. The van der Waals surface area contributed by atoms with Gasteiger partial charge in [-0.2, -0.15) is 0 Å². The molecular weight excluding hydrogens is 340 g/mol. The average Bonchev–Trinajstić information content (AvgIpc) is 3.08. The fourth-order valence-electron chi connectivity index (χ4n) is 1.94. The molecule has 0 aliphatic rings. The van der Waals surface area contributed by atoms with Gasteiger partial charge in [0.05, 0.1) is 30.6 Å². The lowest BCUT2D eigenvalue weighted by molar-refractivity contribution is -0.120. The molecule has 126 valence electrons. The number of carbonyl (C=O) groups excluding carboxylic acids is 2. The molecular formula is C16H14N6O2S. The van der Waals surface area contributed by atoms with Crippen molar-refractivity contribution in [3.63, 3.8) is 0 Å². The zero-order valence-electron chi connectivity index (χ0n) is 13.0. The summed E-state index contributed by atoms with van der Waals surface area (Å²) >= 11 is 1.25. The van der Waals surface area contributed by atoms with Gasteiger partial charge in [0, 0.05) is 24.0 Å². The van der Waals surface area contributed by atoms with Crippen molar-refractivity contribution < 1.29 is 9.59 Å². The second-order valence-corrected chi connectivity index (χ2v) is 5.82. The standard InChI is InChI=1S/C16H14N6O2S/c23-14(20-8-11-3-1-2-4-18-11)7-12-10-25-16(21-12)22-15(24)13-9-17-5-6-19-13/h1-6,9-10H,7-8H2,(H,20,23)(H,21,22,24). The number of amides is 2. The number of nitrogens with zero attached hydrogens (tertiary/aromatic N) is 4. The van der Waals surface area contributed by atoms with E-state index in [0.29, 0.717) is 17.4 Å². The number of nitrogens with one attached hydrogen (secondary N) is 2. The van der Waals surface area contributed by atoms with Crippen LogP contribution >= 0.6 is 11.3 Å². The van der Waals surface area contributed by atoms with Crippen LogP contribution in [0.25, 0.3) is 0 Å². The van der Waals surface area contributed by atoms with Crippen molar-refractivity contribution in [2.75, 3.05) is 5.32 Å². The van der Waals surface area contributed by atoms with Gasteiger partial charge in [-0.05, 0) is 12.1 Å². The maximum absolute atomic E-state index is 12.0. The van der Waals surface area contributed by atoms with Crippen LogP contribution in [0.2, 0.25) is 0 Å². The van der Waals surface area contributed by atoms with Crippen LogP contribution in [-0.4, -0.2) is 31.8 Å². The molecule has 2 amide bonds. The Morgan fingerprint density at radius 1 is 1.08 bits per heavy atom. The van der Waals surface area contributed by atoms with E-state index >= 15 is 0 Å². The van der Waals surface area contributed by atoms with Crippen LogP contribution in [0.15, 0.2) is 48.4 Å². The maximum Gasteiger partial charge on any atom is 0.277 e. The van der Waals surface area contributed by atoms with Crippen LogP contribution < -0.4 is 10.6 Å². The lowest BCUT2D eigenvalue weighted by Gasteiger charge is -2.03. The number of aromatic nitrogens is 4. The van der Waals surface area contributed by atoms with Gasteiger partial charge in [-0.1, -0.05) is 6.07 Å². The van der Waals surface area contributed by atoms with E-state index in [1.54, 1.807) is 11.6 Å². The number of rotatable bonds is 6. The summed E-state index contributed by atoms with van der Waals surface area (Å²) in [7, 11) is 0. The predicted molar refractivity (Wildman–Crippen MR) is 91.9 cm³/mol. The minimum Gasteiger partial charge on any atom is -0.350 e. The number of pyridine rings is 1. The minimum atomic E-state index is -0.395. The Kier molecular flexibility index (Phi) is 5.37. The summed E-state index contributed by atoms with van der Waals surface area (Å²) in [6.07, 6.45) is 6.10. The molecule has 25 heavy (non-hydrogen) atoms. The van der Waals surface area contributed by atoms with E-state index in [1.165, 1.54) is 29.9 Å². The van der Waals surface area contributed by atoms with Gasteiger partial charge in [0.15, 0.2) is 5.13 Å². The molecule has 0 radical (unpaired) electrons. The van der Waals surface area contributed by atoms with Crippen molar-refractivity contribution in [2.24, 2.45) is 0 Å². The van der Waals surface area contributed by atoms with Crippen LogP contribution in [0.1, 0.15) is 21.9 Å². The van der Waals surface area contributed by atoms with E-state index in [9.17, 15) is 9.59 Å². The molecule has 0 atom stereocenters. The molecule has 0 unspecified atom stereocenters. The van der Waals surface area contributed by atoms with Crippen molar-refractivity contribution in [1.82, 2.24) is 25.3 Å². The van der Waals surface area contributed by atoms with Crippen LogP contribution in [0.3, 0.4) is 0 Å². The van der Waals surface area contributed by atoms with Gasteiger partial charge >= 0.3 is 0 Å². The number of hydrogen-bond acceptors (Lipinski definition) is 7. The lowest BCUT2D eigenvalue weighted by Crippen LogP contribution is -2.25. The molecule has 0 spiro atoms. The largest absolute Gasteiger partial charge is 0.350 e. The third-order valence-corrected chi connectivity index (χ3v) is 3.91. The fourth-order valence-corrected chi connectivity index (χ4v) is 2.65. The zero-order chi connectivity index (χ0) is 17.5. The molecule has 0 aromatic carbocycles. The highest BCUT2D eigenvalue weighted by molar-refractivity contribution is 7.14. The van der Waals surface area contributed by atoms with Crippen LogP contribution in [0.5, 0.6) is 0 Å². The van der Waals surface area contributed by atoms with E-state index in [0.717, 1.165) is 5.69 Å². The van der Waals surface area contributed by atoms with Crippen molar-refractivity contribution in [1.29, 1.82) is 0 Å². The molecule has 0 saturated heterocycles. The van der Waals surface area contributed by atoms with Gasteiger partial charge in [0.2, 0.25) is 5.91 Å². The van der Waals surface area contributed by atoms with E-state index in [-0.39, 0.29) is 18.0 Å². The van der Waals surface area contributed by atoms with E-state index in [2.05, 4.69) is 30.6 Å². The molecule has 2 N–H and O–H groups in total. The van der Waals surface area contributed by atoms with Gasteiger partial charge < -0.3 is 5.32 Å². The first-order chi connectivity index (χ1) is 12.2. The topological polar surface area (TPSA) is 110 Å². The van der Waals surface area contributed by atoms with Gasteiger partial charge in [0.25, 0.3) is 5.91 Å². The summed E-state index contributed by atoms with van der Waals surface area (Å²) in [5, 5.41) is 7.55. The fraction of sp³-hybridized carbons (Fsp3) is 0.125. The summed E-state index contributed by atoms with van der Waals surface area (Å²) in [5.41, 5.74) is 1.57. The monoisotopic (exact) mass is 354 g/mol. The molecule has 0 saturated carbocycles. The Morgan fingerprint density at radius 2 is 2.00 bits per heavy atom. The molecule has 3 aromatic heterocycles. The first kappa shape index (κ1) is 16.7. The SMILES string of the molecule is O=C(Cc1csc(NC(=O)c2cnccn2)n1)NCc1ccccn1. The van der Waals surface area contributed by atoms with Crippen LogP contribution in [0, 0.1) is 0 Å². The van der Waals surface area contributed by atoms with Crippen molar-refractivity contribution in [2.45, 2.75) is 13.0 Å². The third kappa shape index (κ3) is 4.88. The smallest absolute Gasteiger partial charge is 0.277 e. The molecule has 0 bridgehead atoms. The quantitative estimate of drug-likeness (QED) is 0.693. The van der Waals surface area contributed by atoms with Crippen molar-refractivity contribution in [3.8, 4) is 0 Å². The summed E-state index contributed by atoms with van der Waals surface area (Å²) in [4.78, 5) is 40.1. The Labute approximate surface area is 147 Å². The summed E-state index contributed by atoms with van der Waals surface area (Å²) in [6, 6.07) is 5.52. The Morgan fingerprint density at radius 3 is 2.76 bits per heavy atom. The lowest BCUT2D eigenvalue weighted by atomic mass is 10.3. The number of anilines is 1. The molecule has 3 aromatic rings. The Bertz CT molecular complexity index is 853. The highest BCUT2D eigenvalue weighted by Crippen LogP contribution is 2.16. The maximum atomic E-state index is 12.0. The second-order valence-electron chi connectivity index (χ2n) is 4.96. The van der Waals surface area contributed by atoms with E-state index in [4.69, 9.17) is 0 Å². The molecule has 8 nitrogen and oxygen atoms in total. The molecule has 9 heteroatoms. The first-order valence-corrected chi connectivity index (χ1v) is 8.27. The van der Waals surface area contributed by atoms with Crippen LogP contribution in [-0.2, 0) is 17.8 Å². The number of hydrogen-bond donors (Lipinski definition) is 2. The summed E-state index contributed by atoms with van der Waals surface area (Å²) in [5.74, 6) is -0.559. The molecule has 0 aliphatic carbocycles. The first-order valence-electron chi connectivity index (χ1n) is 7.39. The Balaban J connectivity index is 1.51. The molecule has 0 aliphatic heterocycles. The normalized spacial score (nSPS) is 10.2. The van der Waals surface area contributed by atoms with Gasteiger partial charge in [0.1, 0.15) is 5.69 Å². The van der Waals surface area contributed by atoms with Gasteiger partial charge in [-0.3, -0.25) is 24.9 Å². The predicted octanol–water partition coefficient (Wildman–Crippen LogP) is 1.44. The zero-order valence-corrected chi connectivity index (χ0v) is 13.9. The molecule has 0 fully saturated rings. The summed E-state index contributed by atoms with van der Waals surface area (Å²) < 4.78 is 0. The number of carbonyl (C=O) groups is 2. The van der Waals surface area contributed by atoms with Crippen molar-refractivity contribution in [3.05, 3.63) is 65.4 Å². The van der Waals surface area contributed by atoms with Gasteiger partial charge in [-0.15, -0.1) is 11.3 Å². The highest BCUT2D eigenvalue weighted by Gasteiger charge is 2.12. The van der Waals surface area contributed by atoms with Crippen molar-refractivity contribution >= 4 is 28.3 Å². The second kappa shape index (κ2) is 8.06. The molecule has 3 heterocycles. The minimum absolute atomic E-state index is 0.129. The molecule has 3 rings (SSSR count). The van der Waals surface area contributed by atoms with Crippen LogP contribution in [0.4, 0.5) is 5.13 Å². The van der Waals surface area contributed by atoms with E-state index < -0.39 is 5.91 Å². The van der Waals surface area contributed by atoms with E-state index in [1.807, 2.05) is 18.2 Å². The number of thiazole rings is 1. The Hall–Kier alpha value is -3.20.